The SMILES string of the molecule is Cc1cc(-c2nnc(COC(=O)COc3ccc(F)cc3)o2)c(C)o1. The molecule has 0 saturated carbocycles. The van der Waals surface area contributed by atoms with Gasteiger partial charge in [-0.05, 0) is 44.2 Å². The van der Waals surface area contributed by atoms with Crippen LogP contribution < -0.4 is 4.74 Å². The molecule has 130 valence electrons. The second-order valence-corrected chi connectivity index (χ2v) is 5.23. The number of ether oxygens (including phenoxy) is 2. The van der Waals surface area contributed by atoms with Gasteiger partial charge in [-0.3, -0.25) is 0 Å². The molecule has 0 fully saturated rings. The van der Waals surface area contributed by atoms with Gasteiger partial charge in [-0.15, -0.1) is 10.2 Å². The Morgan fingerprint density at radius 2 is 1.92 bits per heavy atom. The lowest BCUT2D eigenvalue weighted by atomic mass is 10.2. The molecule has 25 heavy (non-hydrogen) atoms. The van der Waals surface area contributed by atoms with Gasteiger partial charge in [-0.25, -0.2) is 9.18 Å². The average Bonchev–Trinajstić information content (AvgIpc) is 3.18. The Labute approximate surface area is 142 Å². The molecule has 0 aliphatic rings. The number of esters is 1. The monoisotopic (exact) mass is 346 g/mol. The fourth-order valence-electron chi connectivity index (χ4n) is 2.12. The van der Waals surface area contributed by atoms with Gasteiger partial charge in [0.1, 0.15) is 23.1 Å². The molecule has 2 heterocycles. The summed E-state index contributed by atoms with van der Waals surface area (Å²) in [6.45, 7) is 3.12. The highest BCUT2D eigenvalue weighted by atomic mass is 19.1. The van der Waals surface area contributed by atoms with Crippen molar-refractivity contribution >= 4 is 5.97 Å². The summed E-state index contributed by atoms with van der Waals surface area (Å²) in [6, 6.07) is 7.10. The first-order valence-electron chi connectivity index (χ1n) is 7.45. The van der Waals surface area contributed by atoms with Crippen LogP contribution in [0.25, 0.3) is 11.5 Å². The molecule has 3 rings (SSSR count). The maximum absolute atomic E-state index is 12.8. The molecule has 0 aliphatic carbocycles. The number of carbonyl (C=O) groups is 1. The Hall–Kier alpha value is -3.16. The van der Waals surface area contributed by atoms with Gasteiger partial charge in [0.25, 0.3) is 11.8 Å². The standard InChI is InChI=1S/C17H15FN2O5/c1-10-7-14(11(2)24-10)17-20-19-15(25-17)8-23-16(21)9-22-13-5-3-12(18)4-6-13/h3-7H,8-9H2,1-2H3. The van der Waals surface area contributed by atoms with Crippen LogP contribution in [0.3, 0.4) is 0 Å². The largest absolute Gasteiger partial charge is 0.482 e. The van der Waals surface area contributed by atoms with Crippen molar-refractivity contribution in [3.05, 3.63) is 53.6 Å². The minimum atomic E-state index is -0.612. The fraction of sp³-hybridized carbons (Fsp3) is 0.235. The summed E-state index contributed by atoms with van der Waals surface area (Å²) in [5.41, 5.74) is 0.696. The molecule has 1 aromatic carbocycles. The smallest absolute Gasteiger partial charge is 0.344 e. The van der Waals surface area contributed by atoms with Crippen molar-refractivity contribution in [2.24, 2.45) is 0 Å². The van der Waals surface area contributed by atoms with E-state index in [0.29, 0.717) is 23.0 Å². The molecule has 8 heteroatoms. The van der Waals surface area contributed by atoms with Crippen LogP contribution in [0.5, 0.6) is 5.75 Å². The van der Waals surface area contributed by atoms with E-state index in [2.05, 4.69) is 10.2 Å². The van der Waals surface area contributed by atoms with Gasteiger partial charge in [0.15, 0.2) is 13.2 Å². The average molecular weight is 346 g/mol. The number of furan rings is 1. The number of hydrogen-bond donors (Lipinski definition) is 0. The number of rotatable bonds is 6. The lowest BCUT2D eigenvalue weighted by Crippen LogP contribution is -2.14. The number of aromatic nitrogens is 2. The van der Waals surface area contributed by atoms with Gasteiger partial charge in [-0.2, -0.15) is 0 Å². The van der Waals surface area contributed by atoms with Crippen molar-refractivity contribution in [1.82, 2.24) is 10.2 Å². The number of carbonyl (C=O) groups excluding carboxylic acids is 1. The van der Waals surface area contributed by atoms with E-state index in [1.807, 2.05) is 6.92 Å². The van der Waals surface area contributed by atoms with Gasteiger partial charge >= 0.3 is 5.97 Å². The maximum Gasteiger partial charge on any atom is 0.344 e. The Morgan fingerprint density at radius 3 is 2.60 bits per heavy atom. The number of benzene rings is 1. The zero-order valence-corrected chi connectivity index (χ0v) is 13.6. The van der Waals surface area contributed by atoms with Crippen LogP contribution in [0.15, 0.2) is 39.2 Å². The molecule has 7 nitrogen and oxygen atoms in total. The molecule has 0 aliphatic heterocycles. The molecule has 0 spiro atoms. The number of nitrogens with zero attached hydrogens (tertiary/aromatic N) is 2. The van der Waals surface area contributed by atoms with E-state index < -0.39 is 5.97 Å². The minimum Gasteiger partial charge on any atom is -0.482 e. The predicted molar refractivity (Wildman–Crippen MR) is 83.2 cm³/mol. The number of halogens is 1. The van der Waals surface area contributed by atoms with Crippen molar-refractivity contribution in [3.8, 4) is 17.2 Å². The summed E-state index contributed by atoms with van der Waals surface area (Å²) in [6.07, 6.45) is 0. The Bertz CT molecular complexity index is 870. The minimum absolute atomic E-state index is 0.156. The van der Waals surface area contributed by atoms with Crippen LogP contribution in [0, 0.1) is 19.7 Å². The summed E-state index contributed by atoms with van der Waals surface area (Å²) in [7, 11) is 0. The third-order valence-corrected chi connectivity index (χ3v) is 3.27. The Kier molecular flexibility index (Phi) is 4.78. The molecule has 0 N–H and O–H groups in total. The van der Waals surface area contributed by atoms with Gasteiger partial charge in [-0.1, -0.05) is 0 Å². The summed E-state index contributed by atoms with van der Waals surface area (Å²) in [5.74, 6) is 1.22. The van der Waals surface area contributed by atoms with Crippen molar-refractivity contribution in [2.75, 3.05) is 6.61 Å². The molecule has 3 aromatic rings. The Balaban J connectivity index is 1.51. The van der Waals surface area contributed by atoms with E-state index in [9.17, 15) is 9.18 Å². The highest BCUT2D eigenvalue weighted by molar-refractivity contribution is 5.71. The van der Waals surface area contributed by atoms with E-state index in [1.165, 1.54) is 24.3 Å². The first-order chi connectivity index (χ1) is 12.0. The fourth-order valence-corrected chi connectivity index (χ4v) is 2.12. The van der Waals surface area contributed by atoms with Gasteiger partial charge in [0.05, 0.1) is 5.56 Å². The number of hydrogen-bond acceptors (Lipinski definition) is 7. The molecular formula is C17H15FN2O5. The molecule has 0 saturated heterocycles. The van der Waals surface area contributed by atoms with Gasteiger partial charge < -0.3 is 18.3 Å². The van der Waals surface area contributed by atoms with Gasteiger partial charge in [0, 0.05) is 0 Å². The molecule has 0 radical (unpaired) electrons. The van der Waals surface area contributed by atoms with Crippen LogP contribution in [-0.2, 0) is 16.1 Å². The molecule has 0 unspecified atom stereocenters. The highest BCUT2D eigenvalue weighted by Crippen LogP contribution is 2.25. The van der Waals surface area contributed by atoms with Crippen molar-refractivity contribution < 1.29 is 27.5 Å². The molecule has 0 bridgehead atoms. The van der Waals surface area contributed by atoms with E-state index in [4.69, 9.17) is 18.3 Å². The molecule has 2 aromatic heterocycles. The predicted octanol–water partition coefficient (Wildman–Crippen LogP) is 3.21. The second kappa shape index (κ2) is 7.16. The third kappa shape index (κ3) is 4.23. The van der Waals surface area contributed by atoms with Gasteiger partial charge in [0.2, 0.25) is 0 Å². The van der Waals surface area contributed by atoms with Crippen LogP contribution in [0.2, 0.25) is 0 Å². The molecular weight excluding hydrogens is 331 g/mol. The highest BCUT2D eigenvalue weighted by Gasteiger charge is 2.15. The summed E-state index contributed by atoms with van der Waals surface area (Å²) in [5, 5.41) is 7.73. The maximum atomic E-state index is 12.8. The van der Waals surface area contributed by atoms with Crippen LogP contribution in [0.1, 0.15) is 17.4 Å². The lowest BCUT2D eigenvalue weighted by molar-refractivity contribution is -0.148. The zero-order chi connectivity index (χ0) is 17.8. The topological polar surface area (TPSA) is 87.6 Å². The lowest BCUT2D eigenvalue weighted by Gasteiger charge is -2.05. The quantitative estimate of drug-likeness (QED) is 0.633. The first-order valence-corrected chi connectivity index (χ1v) is 7.45. The van der Waals surface area contributed by atoms with Crippen LogP contribution >= 0.6 is 0 Å². The van der Waals surface area contributed by atoms with Crippen LogP contribution in [-0.4, -0.2) is 22.8 Å². The number of aryl methyl sites for hydroxylation is 2. The van der Waals surface area contributed by atoms with Crippen molar-refractivity contribution in [2.45, 2.75) is 20.5 Å². The van der Waals surface area contributed by atoms with E-state index >= 15 is 0 Å². The Morgan fingerprint density at radius 1 is 1.16 bits per heavy atom. The van der Waals surface area contributed by atoms with E-state index in [-0.39, 0.29) is 24.9 Å². The summed E-state index contributed by atoms with van der Waals surface area (Å²) < 4.78 is 33.8. The second-order valence-electron chi connectivity index (χ2n) is 5.23. The third-order valence-electron chi connectivity index (χ3n) is 3.27. The van der Waals surface area contributed by atoms with E-state index in [1.54, 1.807) is 13.0 Å². The first kappa shape index (κ1) is 16.7. The van der Waals surface area contributed by atoms with Crippen LogP contribution in [0.4, 0.5) is 4.39 Å². The zero-order valence-electron chi connectivity index (χ0n) is 13.6. The van der Waals surface area contributed by atoms with Crippen molar-refractivity contribution in [3.63, 3.8) is 0 Å². The molecule has 0 amide bonds. The van der Waals surface area contributed by atoms with E-state index in [0.717, 1.165) is 5.76 Å². The molecule has 0 atom stereocenters. The van der Waals surface area contributed by atoms with Crippen molar-refractivity contribution in [1.29, 1.82) is 0 Å². The summed E-state index contributed by atoms with van der Waals surface area (Å²) >= 11 is 0. The summed E-state index contributed by atoms with van der Waals surface area (Å²) in [4.78, 5) is 11.7. The normalized spacial score (nSPS) is 10.7.